The van der Waals surface area contributed by atoms with Gasteiger partial charge < -0.3 is 4.43 Å². The third kappa shape index (κ3) is 2.80. The molecule has 0 heterocycles. The second kappa shape index (κ2) is 6.30. The van der Waals surface area contributed by atoms with Crippen LogP contribution in [0.3, 0.4) is 0 Å². The van der Waals surface area contributed by atoms with Crippen LogP contribution in [0, 0.1) is 34.5 Å². The molecule has 0 aliphatic heterocycles. The second-order valence-corrected chi connectivity index (χ2v) is 14.8. The molecule has 2 nitrogen and oxygen atoms in total. The van der Waals surface area contributed by atoms with Crippen LogP contribution in [0.15, 0.2) is 12.3 Å². The maximum Gasteiger partial charge on any atom is 0.210 e. The molecular formula is C23H38O2Si. The lowest BCUT2D eigenvalue weighted by molar-refractivity contribution is -0.141. The van der Waals surface area contributed by atoms with Gasteiger partial charge in [-0.1, -0.05) is 19.5 Å². The molecule has 0 aromatic carbocycles. The first kappa shape index (κ1) is 18.9. The minimum absolute atomic E-state index is 0.363. The van der Waals surface area contributed by atoms with E-state index in [4.69, 9.17) is 4.43 Å². The summed E-state index contributed by atoms with van der Waals surface area (Å²) in [6.07, 6.45) is 11.2. The SMILES string of the molecule is C=C[Si](C)(C)O[C@H]1CCC2C3CC[C@H]4CC(=O)CC[C@]4(C)C3CC[C@@]21C. The highest BCUT2D eigenvalue weighted by molar-refractivity contribution is 6.76. The van der Waals surface area contributed by atoms with Crippen molar-refractivity contribution < 1.29 is 9.22 Å². The molecule has 0 spiro atoms. The Bertz CT molecular complexity index is 599. The van der Waals surface area contributed by atoms with Crippen LogP contribution in [0.1, 0.15) is 71.6 Å². The highest BCUT2D eigenvalue weighted by Crippen LogP contribution is 2.66. The van der Waals surface area contributed by atoms with E-state index >= 15 is 0 Å². The van der Waals surface area contributed by atoms with Crippen molar-refractivity contribution in [3.8, 4) is 0 Å². The third-order valence-corrected chi connectivity index (χ3v) is 11.2. The highest BCUT2D eigenvalue weighted by atomic mass is 28.4. The van der Waals surface area contributed by atoms with Gasteiger partial charge in [0, 0.05) is 12.8 Å². The topological polar surface area (TPSA) is 26.3 Å². The van der Waals surface area contributed by atoms with Gasteiger partial charge in [-0.25, -0.2) is 0 Å². The molecule has 4 rings (SSSR count). The molecule has 0 N–H and O–H groups in total. The molecule has 0 saturated heterocycles. The Kier molecular flexibility index (Phi) is 4.59. The van der Waals surface area contributed by atoms with Gasteiger partial charge in [-0.2, -0.15) is 0 Å². The Hall–Kier alpha value is -0.413. The first-order valence-corrected chi connectivity index (χ1v) is 14.0. The predicted octanol–water partition coefficient (Wildman–Crippen LogP) is 5.91. The van der Waals surface area contributed by atoms with Crippen LogP contribution in [0.4, 0.5) is 0 Å². The average Bonchev–Trinajstić information content (AvgIpc) is 2.92. The standard InChI is InChI=1S/C23H38O2Si/c1-6-26(4,5)25-21-10-9-19-18-8-7-16-15-17(24)11-13-22(16,2)20(18)12-14-23(19,21)3/h6,16,18-21H,1,7-15H2,2-5H3/t16-,18?,19?,20?,21-,22-,23-/m0/s1. The van der Waals surface area contributed by atoms with Crippen LogP contribution in [0.2, 0.25) is 13.1 Å². The molecule has 0 amide bonds. The van der Waals surface area contributed by atoms with Gasteiger partial charge in [-0.3, -0.25) is 4.79 Å². The molecule has 4 saturated carbocycles. The van der Waals surface area contributed by atoms with Crippen molar-refractivity contribution >= 4 is 14.1 Å². The molecular weight excluding hydrogens is 336 g/mol. The number of carbonyl (C=O) groups is 1. The van der Waals surface area contributed by atoms with Crippen molar-refractivity contribution in [1.82, 2.24) is 0 Å². The van der Waals surface area contributed by atoms with E-state index in [0.717, 1.165) is 37.0 Å². The van der Waals surface area contributed by atoms with E-state index in [1.807, 2.05) is 0 Å². The Morgan fingerprint density at radius 2 is 1.77 bits per heavy atom. The summed E-state index contributed by atoms with van der Waals surface area (Å²) in [5.74, 6) is 3.73. The van der Waals surface area contributed by atoms with Crippen molar-refractivity contribution in [3.63, 3.8) is 0 Å². The zero-order chi connectivity index (χ0) is 18.7. The number of fused-ring (bicyclic) bond motifs is 5. The Labute approximate surface area is 161 Å². The fourth-order valence-corrected chi connectivity index (χ4v) is 8.82. The number of hydrogen-bond donors (Lipinski definition) is 0. The van der Waals surface area contributed by atoms with Gasteiger partial charge in [0.05, 0.1) is 6.10 Å². The predicted molar refractivity (Wildman–Crippen MR) is 109 cm³/mol. The van der Waals surface area contributed by atoms with Gasteiger partial charge in [-0.05, 0) is 92.5 Å². The summed E-state index contributed by atoms with van der Waals surface area (Å²) in [6, 6.07) is 0. The molecule has 4 aliphatic rings. The van der Waals surface area contributed by atoms with Gasteiger partial charge in [-0.15, -0.1) is 6.58 Å². The van der Waals surface area contributed by atoms with Gasteiger partial charge in [0.15, 0.2) is 0 Å². The highest BCUT2D eigenvalue weighted by Gasteiger charge is 2.60. The summed E-state index contributed by atoms with van der Waals surface area (Å²) in [5.41, 5.74) is 2.88. The summed E-state index contributed by atoms with van der Waals surface area (Å²) in [5, 5.41) is 0. The van der Waals surface area contributed by atoms with E-state index in [1.54, 1.807) is 0 Å². The second-order valence-electron chi connectivity index (χ2n) is 10.9. The zero-order valence-electron chi connectivity index (χ0n) is 17.4. The van der Waals surface area contributed by atoms with E-state index < -0.39 is 8.32 Å². The number of rotatable bonds is 3. The Morgan fingerprint density at radius 1 is 1.04 bits per heavy atom. The van der Waals surface area contributed by atoms with Gasteiger partial charge in [0.25, 0.3) is 0 Å². The van der Waals surface area contributed by atoms with E-state index in [9.17, 15) is 4.79 Å². The molecule has 0 aromatic rings. The fourth-order valence-electron chi connectivity index (χ4n) is 7.61. The lowest BCUT2D eigenvalue weighted by atomic mass is 9.45. The molecule has 3 heteroatoms. The summed E-state index contributed by atoms with van der Waals surface area (Å²) in [6.45, 7) is 13.7. The summed E-state index contributed by atoms with van der Waals surface area (Å²) in [4.78, 5) is 12.0. The minimum Gasteiger partial charge on any atom is -0.410 e. The molecule has 0 bridgehead atoms. The minimum atomic E-state index is -1.73. The van der Waals surface area contributed by atoms with Crippen molar-refractivity contribution in [1.29, 1.82) is 0 Å². The number of ketones is 1. The number of Topliss-reactive ketones (excluding diaryl/α,β-unsaturated/α-hetero) is 1. The Balaban J connectivity index is 1.56. The van der Waals surface area contributed by atoms with Crippen LogP contribution < -0.4 is 0 Å². The summed E-state index contributed by atoms with van der Waals surface area (Å²) in [7, 11) is -1.73. The molecule has 4 aliphatic carbocycles. The van der Waals surface area contributed by atoms with Gasteiger partial charge >= 0.3 is 0 Å². The third-order valence-electron chi connectivity index (χ3n) is 9.33. The van der Waals surface area contributed by atoms with E-state index in [1.165, 1.54) is 38.5 Å². The quantitative estimate of drug-likeness (QED) is 0.574. The van der Waals surface area contributed by atoms with Crippen LogP contribution in [-0.2, 0) is 9.22 Å². The molecule has 4 fully saturated rings. The Morgan fingerprint density at radius 3 is 2.50 bits per heavy atom. The molecule has 0 aromatic heterocycles. The maximum atomic E-state index is 12.0. The van der Waals surface area contributed by atoms with Gasteiger partial charge in [0.2, 0.25) is 8.32 Å². The number of hydrogen-bond acceptors (Lipinski definition) is 2. The van der Waals surface area contributed by atoms with E-state index in [0.29, 0.717) is 28.6 Å². The molecule has 0 radical (unpaired) electrons. The van der Waals surface area contributed by atoms with Crippen molar-refractivity contribution in [3.05, 3.63) is 12.3 Å². The zero-order valence-corrected chi connectivity index (χ0v) is 18.4. The summed E-state index contributed by atoms with van der Waals surface area (Å²) >= 11 is 0. The molecule has 3 unspecified atom stereocenters. The van der Waals surface area contributed by atoms with Crippen LogP contribution in [0.5, 0.6) is 0 Å². The first-order valence-electron chi connectivity index (χ1n) is 11.0. The fraction of sp³-hybridized carbons (Fsp3) is 0.870. The van der Waals surface area contributed by atoms with Crippen LogP contribution in [-0.4, -0.2) is 20.2 Å². The van der Waals surface area contributed by atoms with Crippen molar-refractivity contribution in [2.24, 2.45) is 34.5 Å². The van der Waals surface area contributed by atoms with E-state index in [2.05, 4.69) is 39.2 Å². The number of carbonyl (C=O) groups excluding carboxylic acids is 1. The average molecular weight is 375 g/mol. The smallest absolute Gasteiger partial charge is 0.210 e. The molecule has 146 valence electrons. The monoisotopic (exact) mass is 374 g/mol. The van der Waals surface area contributed by atoms with Crippen LogP contribution >= 0.6 is 0 Å². The van der Waals surface area contributed by atoms with Crippen LogP contribution in [0.25, 0.3) is 0 Å². The van der Waals surface area contributed by atoms with Gasteiger partial charge in [0.1, 0.15) is 5.78 Å². The first-order chi connectivity index (χ1) is 12.2. The lowest BCUT2D eigenvalue weighted by Crippen LogP contribution is -2.54. The summed E-state index contributed by atoms with van der Waals surface area (Å²) < 4.78 is 6.72. The van der Waals surface area contributed by atoms with Crippen molar-refractivity contribution in [2.75, 3.05) is 0 Å². The largest absolute Gasteiger partial charge is 0.410 e. The maximum absolute atomic E-state index is 12.0. The molecule has 26 heavy (non-hydrogen) atoms. The van der Waals surface area contributed by atoms with E-state index in [-0.39, 0.29) is 0 Å². The van der Waals surface area contributed by atoms with Crippen molar-refractivity contribution in [2.45, 2.75) is 90.8 Å². The molecule has 7 atom stereocenters. The normalized spacial score (nSPS) is 48.5. The lowest BCUT2D eigenvalue weighted by Gasteiger charge is -2.60.